The lowest BCUT2D eigenvalue weighted by Crippen LogP contribution is -2.31. The number of imidazole rings is 1. The molecule has 3 aromatic heterocycles. The van der Waals surface area contributed by atoms with Gasteiger partial charge < -0.3 is 28.9 Å². The van der Waals surface area contributed by atoms with Gasteiger partial charge >= 0.3 is 5.97 Å². The number of fused-ring (bicyclic) bond motifs is 7. The molecule has 1 atom stereocenters. The first-order valence-electron chi connectivity index (χ1n) is 16.5. The van der Waals surface area contributed by atoms with Crippen LogP contribution in [0.1, 0.15) is 45.7 Å². The summed E-state index contributed by atoms with van der Waals surface area (Å²) < 4.78 is 20.6. The Morgan fingerprint density at radius 2 is 1.78 bits per heavy atom. The Hall–Kier alpha value is -5.74. The molecule has 8 rings (SSSR count). The van der Waals surface area contributed by atoms with Crippen LogP contribution in [0.4, 0.5) is 0 Å². The number of hydrogen-bond donors (Lipinski definition) is 2. The number of hydrogen-bond acceptors (Lipinski definition) is 7. The van der Waals surface area contributed by atoms with Crippen molar-refractivity contribution in [3.63, 3.8) is 0 Å². The Balaban J connectivity index is 1.13. The predicted octanol–water partition coefficient (Wildman–Crippen LogP) is 6.44. The topological polar surface area (TPSA) is 129 Å². The number of carboxylic acids is 1. The number of nitrogens with zero attached hydrogens (tertiary/aromatic N) is 3. The second-order valence-electron chi connectivity index (χ2n) is 12.5. The normalized spacial score (nSPS) is 15.7. The number of carboxylic acid groups (broad SMARTS) is 1. The summed E-state index contributed by atoms with van der Waals surface area (Å²) >= 11 is 0. The zero-order valence-electron chi connectivity index (χ0n) is 26.7. The second-order valence-corrected chi connectivity index (χ2v) is 12.5. The van der Waals surface area contributed by atoms with Gasteiger partial charge in [-0.1, -0.05) is 36.4 Å². The average Bonchev–Trinajstić information content (AvgIpc) is 3.44. The van der Waals surface area contributed by atoms with Crippen molar-refractivity contribution in [1.82, 2.24) is 19.5 Å². The summed E-state index contributed by atoms with van der Waals surface area (Å²) in [5, 5.41) is 9.66. The number of benzene rings is 3. The quantitative estimate of drug-likeness (QED) is 0.210. The van der Waals surface area contributed by atoms with Crippen molar-refractivity contribution in [3.05, 3.63) is 130 Å². The number of nitrogens with one attached hydrogen (secondary N) is 1. The van der Waals surface area contributed by atoms with Crippen LogP contribution in [0, 0.1) is 0 Å². The largest absolute Gasteiger partial charge is 0.493 e. The summed E-state index contributed by atoms with van der Waals surface area (Å²) in [5.41, 5.74) is 8.41. The number of aromatic nitrogens is 4. The number of carbonyl (C=O) groups is 1. The van der Waals surface area contributed by atoms with Gasteiger partial charge in [-0.3, -0.25) is 4.79 Å². The molecule has 0 aliphatic carbocycles. The van der Waals surface area contributed by atoms with Crippen LogP contribution in [0.2, 0.25) is 0 Å². The van der Waals surface area contributed by atoms with E-state index in [4.69, 9.17) is 24.2 Å². The van der Waals surface area contributed by atoms with Crippen LogP contribution in [0.25, 0.3) is 33.4 Å². The van der Waals surface area contributed by atoms with E-state index < -0.39 is 5.97 Å². The zero-order chi connectivity index (χ0) is 33.3. The zero-order valence-corrected chi connectivity index (χ0v) is 26.7. The molecule has 1 fully saturated rings. The molecule has 10 nitrogen and oxygen atoms in total. The molecule has 0 amide bonds. The van der Waals surface area contributed by atoms with Crippen molar-refractivity contribution in [2.75, 3.05) is 13.2 Å². The van der Waals surface area contributed by atoms with Gasteiger partial charge in [0.25, 0.3) is 0 Å². The maximum Gasteiger partial charge on any atom is 0.335 e. The fraction of sp³-hybridized carbons (Fsp3) is 0.231. The SMILES string of the molecule is O=C(O)c1ccc2nc(Cc3ccc4cc3OCCCc3cc(-c5ccc(=O)[nH]c5)ccc3COc3cccc-4n3)n(C[C@@H]3CCO3)c2c1. The van der Waals surface area contributed by atoms with Crippen LogP contribution >= 0.6 is 0 Å². The molecule has 0 radical (unpaired) electrons. The monoisotopic (exact) mass is 654 g/mol. The highest BCUT2D eigenvalue weighted by Gasteiger charge is 2.23. The molecule has 49 heavy (non-hydrogen) atoms. The molecule has 0 spiro atoms. The highest BCUT2D eigenvalue weighted by Crippen LogP contribution is 2.32. The van der Waals surface area contributed by atoms with Crippen LogP contribution in [0.15, 0.2) is 95.9 Å². The minimum atomic E-state index is -0.972. The van der Waals surface area contributed by atoms with Gasteiger partial charge in [0.15, 0.2) is 0 Å². The Kier molecular flexibility index (Phi) is 8.14. The molecule has 10 heteroatoms. The van der Waals surface area contributed by atoms with Crippen molar-refractivity contribution in [2.24, 2.45) is 0 Å². The van der Waals surface area contributed by atoms with Crippen molar-refractivity contribution >= 4 is 17.0 Å². The standard InChI is InChI=1S/C39H34N4O6/c44-37-13-11-29(21-40-37)25-6-9-30-23-49-38-5-1-4-32(42-38)26-7-8-27(35(19-26)48-15-2-3-24(30)17-25)20-36-41-33-12-10-28(39(45)46)18-34(33)43(36)22-31-14-16-47-31/h1,4-13,17-19,21,31H,2-3,14-16,20,22-23H2,(H,40,44)(H,45,46)/t31-/m0/s1. The minimum absolute atomic E-state index is 0.0643. The summed E-state index contributed by atoms with van der Waals surface area (Å²) in [6.07, 6.45) is 4.77. The van der Waals surface area contributed by atoms with E-state index in [-0.39, 0.29) is 17.2 Å². The van der Waals surface area contributed by atoms with E-state index in [1.807, 2.05) is 42.5 Å². The molecule has 2 N–H and O–H groups in total. The van der Waals surface area contributed by atoms with Gasteiger partial charge in [0.1, 0.15) is 18.2 Å². The molecule has 0 saturated carbocycles. The molecule has 246 valence electrons. The summed E-state index contributed by atoms with van der Waals surface area (Å²) in [5.74, 6) is 1.12. The van der Waals surface area contributed by atoms with Gasteiger partial charge in [0, 0.05) is 42.5 Å². The van der Waals surface area contributed by atoms with E-state index >= 15 is 0 Å². The first-order chi connectivity index (χ1) is 24.0. The Morgan fingerprint density at radius 1 is 0.898 bits per heavy atom. The summed E-state index contributed by atoms with van der Waals surface area (Å²) in [6, 6.07) is 26.6. The van der Waals surface area contributed by atoms with E-state index in [1.54, 1.807) is 24.4 Å². The van der Waals surface area contributed by atoms with Crippen molar-refractivity contribution in [1.29, 1.82) is 0 Å². The molecule has 5 heterocycles. The first kappa shape index (κ1) is 30.6. The Labute approximate surface area is 282 Å². The lowest BCUT2D eigenvalue weighted by Gasteiger charge is -2.27. The lowest BCUT2D eigenvalue weighted by atomic mass is 9.97. The van der Waals surface area contributed by atoms with Crippen LogP contribution in [-0.4, -0.2) is 49.9 Å². The Bertz CT molecular complexity index is 2230. The molecule has 4 bridgehead atoms. The minimum Gasteiger partial charge on any atom is -0.493 e. The van der Waals surface area contributed by atoms with Gasteiger partial charge in [-0.2, -0.15) is 0 Å². The van der Waals surface area contributed by atoms with Crippen LogP contribution < -0.4 is 15.0 Å². The highest BCUT2D eigenvalue weighted by atomic mass is 16.5. The van der Waals surface area contributed by atoms with E-state index in [1.165, 1.54) is 6.07 Å². The molecule has 1 saturated heterocycles. The number of rotatable bonds is 6. The summed E-state index contributed by atoms with van der Waals surface area (Å²) in [6.45, 7) is 2.19. The predicted molar refractivity (Wildman–Crippen MR) is 184 cm³/mol. The molecule has 3 aromatic carbocycles. The highest BCUT2D eigenvalue weighted by molar-refractivity contribution is 5.92. The van der Waals surface area contributed by atoms with E-state index in [2.05, 4.69) is 27.8 Å². The van der Waals surface area contributed by atoms with Gasteiger partial charge in [-0.05, 0) is 77.9 Å². The fourth-order valence-electron chi connectivity index (χ4n) is 6.46. The van der Waals surface area contributed by atoms with Crippen molar-refractivity contribution in [3.8, 4) is 34.0 Å². The summed E-state index contributed by atoms with van der Waals surface area (Å²) in [7, 11) is 0. The third-order valence-corrected chi connectivity index (χ3v) is 9.24. The van der Waals surface area contributed by atoms with Crippen molar-refractivity contribution < 1.29 is 24.1 Å². The molecule has 6 aromatic rings. The lowest BCUT2D eigenvalue weighted by molar-refractivity contribution is -0.0589. The number of aryl methyl sites for hydroxylation is 1. The average molecular weight is 655 g/mol. The van der Waals surface area contributed by atoms with Crippen LogP contribution in [0.5, 0.6) is 11.6 Å². The molecular formula is C39H34N4O6. The van der Waals surface area contributed by atoms with Crippen molar-refractivity contribution in [2.45, 2.75) is 44.9 Å². The van der Waals surface area contributed by atoms with Crippen LogP contribution in [-0.2, 0) is 30.7 Å². The van der Waals surface area contributed by atoms with Gasteiger partial charge in [0.2, 0.25) is 11.4 Å². The molecule has 2 aliphatic rings. The maximum atomic E-state index is 11.8. The first-order valence-corrected chi connectivity index (χ1v) is 16.5. The third kappa shape index (κ3) is 6.42. The van der Waals surface area contributed by atoms with Crippen LogP contribution in [0.3, 0.4) is 0 Å². The second kappa shape index (κ2) is 13.0. The van der Waals surface area contributed by atoms with E-state index in [0.29, 0.717) is 32.1 Å². The number of pyridine rings is 2. The smallest absolute Gasteiger partial charge is 0.335 e. The maximum absolute atomic E-state index is 11.8. The molecular weight excluding hydrogens is 620 g/mol. The number of H-pyrrole nitrogens is 1. The Morgan fingerprint density at radius 3 is 2.59 bits per heavy atom. The number of aromatic amines is 1. The summed E-state index contributed by atoms with van der Waals surface area (Å²) in [4.78, 5) is 36.0. The molecule has 2 aliphatic heterocycles. The van der Waals surface area contributed by atoms with E-state index in [0.717, 1.165) is 87.6 Å². The fourth-order valence-corrected chi connectivity index (χ4v) is 6.46. The third-order valence-electron chi connectivity index (χ3n) is 9.24. The molecule has 0 unspecified atom stereocenters. The van der Waals surface area contributed by atoms with Gasteiger partial charge in [-0.15, -0.1) is 0 Å². The van der Waals surface area contributed by atoms with Gasteiger partial charge in [-0.25, -0.2) is 14.8 Å². The van der Waals surface area contributed by atoms with E-state index in [9.17, 15) is 14.7 Å². The number of aromatic carboxylic acids is 1. The van der Waals surface area contributed by atoms with Gasteiger partial charge in [0.05, 0.1) is 41.5 Å². The number of ether oxygens (including phenoxy) is 3.